The van der Waals surface area contributed by atoms with Crippen molar-refractivity contribution in [1.82, 2.24) is 5.32 Å². The highest BCUT2D eigenvalue weighted by atomic mass is 35.5. The summed E-state index contributed by atoms with van der Waals surface area (Å²) in [6.45, 7) is 2.12. The number of thiophene rings is 1. The van der Waals surface area contributed by atoms with E-state index in [4.69, 9.17) is 11.6 Å². The van der Waals surface area contributed by atoms with E-state index in [1.54, 1.807) is 11.3 Å². The molecule has 1 heterocycles. The smallest absolute Gasteiger partial charge is 0.0931 e. The standard InChI is InChI=1S/C11H16ClNOS/c1-7(10-5-6-11(12)15-10)13-8-3-2-4-9(8)14/h5-9,13-14H,2-4H2,1H3/t7?,8-,9-/m1/s1. The Hall–Kier alpha value is -0.0900. The van der Waals surface area contributed by atoms with Crippen LogP contribution in [0.15, 0.2) is 12.1 Å². The van der Waals surface area contributed by atoms with Crippen LogP contribution < -0.4 is 5.32 Å². The lowest BCUT2D eigenvalue weighted by Crippen LogP contribution is -2.36. The third kappa shape index (κ3) is 2.72. The van der Waals surface area contributed by atoms with E-state index in [2.05, 4.69) is 12.2 Å². The molecule has 0 aromatic carbocycles. The molecule has 1 aromatic rings. The minimum absolute atomic E-state index is 0.178. The Labute approximate surface area is 99.3 Å². The summed E-state index contributed by atoms with van der Waals surface area (Å²) in [5.41, 5.74) is 0. The second kappa shape index (κ2) is 4.83. The minimum Gasteiger partial charge on any atom is -0.392 e. The maximum absolute atomic E-state index is 9.70. The predicted molar refractivity (Wildman–Crippen MR) is 64.5 cm³/mol. The van der Waals surface area contributed by atoms with Crippen LogP contribution in [0.2, 0.25) is 4.34 Å². The van der Waals surface area contributed by atoms with Crippen molar-refractivity contribution in [3.05, 3.63) is 21.3 Å². The average molecular weight is 246 g/mol. The second-order valence-corrected chi connectivity index (χ2v) is 5.88. The first kappa shape index (κ1) is 11.4. The SMILES string of the molecule is CC(N[C@@H]1CCC[C@H]1O)c1ccc(Cl)s1. The molecular weight excluding hydrogens is 230 g/mol. The zero-order chi connectivity index (χ0) is 10.8. The Morgan fingerprint density at radius 2 is 2.33 bits per heavy atom. The highest BCUT2D eigenvalue weighted by Crippen LogP contribution is 2.28. The van der Waals surface area contributed by atoms with Gasteiger partial charge in [0.15, 0.2) is 0 Å². The highest BCUT2D eigenvalue weighted by molar-refractivity contribution is 7.16. The molecule has 4 heteroatoms. The Morgan fingerprint density at radius 1 is 1.53 bits per heavy atom. The fourth-order valence-corrected chi connectivity index (χ4v) is 3.17. The van der Waals surface area contributed by atoms with Crippen LogP contribution in [0, 0.1) is 0 Å². The van der Waals surface area contributed by atoms with Gasteiger partial charge in [-0.3, -0.25) is 0 Å². The van der Waals surface area contributed by atoms with E-state index in [0.29, 0.717) is 0 Å². The third-order valence-corrected chi connectivity index (χ3v) is 4.38. The Bertz CT molecular complexity index is 328. The highest BCUT2D eigenvalue weighted by Gasteiger charge is 2.26. The van der Waals surface area contributed by atoms with Gasteiger partial charge in [-0.15, -0.1) is 11.3 Å². The summed E-state index contributed by atoms with van der Waals surface area (Å²) < 4.78 is 0.825. The van der Waals surface area contributed by atoms with E-state index in [9.17, 15) is 5.11 Å². The van der Waals surface area contributed by atoms with Gasteiger partial charge in [0.25, 0.3) is 0 Å². The summed E-state index contributed by atoms with van der Waals surface area (Å²) in [6, 6.07) is 4.50. The summed E-state index contributed by atoms with van der Waals surface area (Å²) >= 11 is 7.49. The summed E-state index contributed by atoms with van der Waals surface area (Å²) in [4.78, 5) is 1.24. The molecule has 0 spiro atoms. The van der Waals surface area contributed by atoms with Gasteiger partial charge in [-0.1, -0.05) is 11.6 Å². The van der Waals surface area contributed by atoms with Crippen molar-refractivity contribution in [2.45, 2.75) is 44.4 Å². The topological polar surface area (TPSA) is 32.3 Å². The second-order valence-electron chi connectivity index (χ2n) is 4.13. The van der Waals surface area contributed by atoms with E-state index in [1.807, 2.05) is 12.1 Å². The average Bonchev–Trinajstić information content (AvgIpc) is 2.77. The minimum atomic E-state index is -0.178. The summed E-state index contributed by atoms with van der Waals surface area (Å²) in [5, 5.41) is 13.2. The lowest BCUT2D eigenvalue weighted by Gasteiger charge is -2.21. The van der Waals surface area contributed by atoms with Crippen LogP contribution in [0.25, 0.3) is 0 Å². The Kier molecular flexibility index (Phi) is 3.67. The van der Waals surface area contributed by atoms with E-state index in [-0.39, 0.29) is 18.2 Å². The first-order chi connectivity index (χ1) is 7.16. The quantitative estimate of drug-likeness (QED) is 0.858. The fourth-order valence-electron chi connectivity index (χ4n) is 2.10. The van der Waals surface area contributed by atoms with Crippen LogP contribution >= 0.6 is 22.9 Å². The lowest BCUT2D eigenvalue weighted by molar-refractivity contribution is 0.144. The normalized spacial score (nSPS) is 28.2. The molecule has 1 fully saturated rings. The Morgan fingerprint density at radius 3 is 2.87 bits per heavy atom. The number of rotatable bonds is 3. The number of hydrogen-bond acceptors (Lipinski definition) is 3. The van der Waals surface area contributed by atoms with Gasteiger partial charge in [-0.2, -0.15) is 0 Å². The molecule has 3 atom stereocenters. The number of halogens is 1. The van der Waals surface area contributed by atoms with E-state index in [1.165, 1.54) is 4.88 Å². The van der Waals surface area contributed by atoms with Crippen molar-refractivity contribution in [3.8, 4) is 0 Å². The van der Waals surface area contributed by atoms with Gasteiger partial charge in [-0.25, -0.2) is 0 Å². The van der Waals surface area contributed by atoms with Crippen molar-refractivity contribution in [2.75, 3.05) is 0 Å². The molecular formula is C11H16ClNOS. The first-order valence-electron chi connectivity index (χ1n) is 5.36. The molecule has 0 saturated heterocycles. The van der Waals surface area contributed by atoms with E-state index < -0.39 is 0 Å². The summed E-state index contributed by atoms with van der Waals surface area (Å²) in [6.07, 6.45) is 2.94. The molecule has 2 rings (SSSR count). The largest absolute Gasteiger partial charge is 0.392 e. The van der Waals surface area contributed by atoms with Crippen molar-refractivity contribution in [1.29, 1.82) is 0 Å². The Balaban J connectivity index is 1.94. The molecule has 2 N–H and O–H groups in total. The molecule has 1 unspecified atom stereocenters. The number of aliphatic hydroxyl groups excluding tert-OH is 1. The van der Waals surface area contributed by atoms with Crippen LogP contribution in [-0.2, 0) is 0 Å². The van der Waals surface area contributed by atoms with Gasteiger partial charge < -0.3 is 10.4 Å². The van der Waals surface area contributed by atoms with E-state index >= 15 is 0 Å². The maximum atomic E-state index is 9.70. The molecule has 0 aliphatic heterocycles. The molecule has 1 aliphatic carbocycles. The van der Waals surface area contributed by atoms with Crippen molar-refractivity contribution >= 4 is 22.9 Å². The zero-order valence-corrected chi connectivity index (χ0v) is 10.3. The van der Waals surface area contributed by atoms with Crippen LogP contribution in [-0.4, -0.2) is 17.3 Å². The van der Waals surface area contributed by atoms with Crippen molar-refractivity contribution in [3.63, 3.8) is 0 Å². The fraction of sp³-hybridized carbons (Fsp3) is 0.636. The molecule has 84 valence electrons. The first-order valence-corrected chi connectivity index (χ1v) is 6.55. The summed E-state index contributed by atoms with van der Waals surface area (Å²) in [5.74, 6) is 0. The van der Waals surface area contributed by atoms with E-state index in [0.717, 1.165) is 23.6 Å². The monoisotopic (exact) mass is 245 g/mol. The van der Waals surface area contributed by atoms with Crippen LogP contribution in [0.3, 0.4) is 0 Å². The molecule has 1 saturated carbocycles. The van der Waals surface area contributed by atoms with Gasteiger partial charge in [0.1, 0.15) is 0 Å². The number of aliphatic hydroxyl groups is 1. The third-order valence-electron chi connectivity index (χ3n) is 2.96. The molecule has 2 nitrogen and oxygen atoms in total. The van der Waals surface area contributed by atoms with Crippen molar-refractivity contribution < 1.29 is 5.11 Å². The van der Waals surface area contributed by atoms with Gasteiger partial charge in [0.05, 0.1) is 10.4 Å². The molecule has 1 aromatic heterocycles. The number of hydrogen-bond donors (Lipinski definition) is 2. The number of nitrogens with one attached hydrogen (secondary N) is 1. The van der Waals surface area contributed by atoms with Crippen LogP contribution in [0.5, 0.6) is 0 Å². The summed E-state index contributed by atoms with van der Waals surface area (Å²) in [7, 11) is 0. The van der Waals surface area contributed by atoms with Crippen molar-refractivity contribution in [2.24, 2.45) is 0 Å². The molecule has 15 heavy (non-hydrogen) atoms. The molecule has 0 radical (unpaired) electrons. The van der Waals surface area contributed by atoms with Gasteiger partial charge in [-0.05, 0) is 38.3 Å². The van der Waals surface area contributed by atoms with Crippen LogP contribution in [0.1, 0.15) is 37.1 Å². The predicted octanol–water partition coefficient (Wildman–Crippen LogP) is 2.97. The zero-order valence-electron chi connectivity index (χ0n) is 8.74. The molecule has 0 amide bonds. The lowest BCUT2D eigenvalue weighted by atomic mass is 10.1. The van der Waals surface area contributed by atoms with Gasteiger partial charge >= 0.3 is 0 Å². The maximum Gasteiger partial charge on any atom is 0.0931 e. The molecule has 0 bridgehead atoms. The van der Waals surface area contributed by atoms with Gasteiger partial charge in [0, 0.05) is 17.0 Å². The van der Waals surface area contributed by atoms with Crippen LogP contribution in [0.4, 0.5) is 0 Å². The van der Waals surface area contributed by atoms with Gasteiger partial charge in [0.2, 0.25) is 0 Å². The molecule has 1 aliphatic rings.